The predicted molar refractivity (Wildman–Crippen MR) is 87.2 cm³/mol. The summed E-state index contributed by atoms with van der Waals surface area (Å²) in [6.07, 6.45) is 0. The van der Waals surface area contributed by atoms with E-state index in [4.69, 9.17) is 5.73 Å². The van der Waals surface area contributed by atoms with Gasteiger partial charge in [0.1, 0.15) is 0 Å². The van der Waals surface area contributed by atoms with Crippen molar-refractivity contribution in [1.82, 2.24) is 5.32 Å². The molecule has 0 fully saturated rings. The van der Waals surface area contributed by atoms with Gasteiger partial charge >= 0.3 is 0 Å². The van der Waals surface area contributed by atoms with E-state index >= 15 is 0 Å². The summed E-state index contributed by atoms with van der Waals surface area (Å²) in [5.41, 5.74) is 8.17. The van der Waals surface area contributed by atoms with Gasteiger partial charge in [-0.3, -0.25) is 4.79 Å². The standard InChI is InChI=1S/C18H22N2O/c1-13(2)17(14-7-4-3-5-8-14)12-20-18(21)15-9-6-10-16(19)11-15/h3-11,13,17H,12,19H2,1-2H3,(H,20,21). The van der Waals surface area contributed by atoms with Gasteiger partial charge in [0.05, 0.1) is 0 Å². The van der Waals surface area contributed by atoms with E-state index in [0.29, 0.717) is 29.6 Å². The molecule has 0 aliphatic heterocycles. The summed E-state index contributed by atoms with van der Waals surface area (Å²) in [4.78, 5) is 12.2. The first kappa shape index (κ1) is 15.1. The van der Waals surface area contributed by atoms with Gasteiger partial charge in [-0.25, -0.2) is 0 Å². The van der Waals surface area contributed by atoms with E-state index in [0.717, 1.165) is 0 Å². The monoisotopic (exact) mass is 282 g/mol. The second-order valence-corrected chi connectivity index (χ2v) is 5.60. The Bertz CT molecular complexity index is 593. The largest absolute Gasteiger partial charge is 0.399 e. The molecule has 0 saturated carbocycles. The summed E-state index contributed by atoms with van der Waals surface area (Å²) in [7, 11) is 0. The number of carbonyl (C=O) groups excluding carboxylic acids is 1. The number of carbonyl (C=O) groups is 1. The predicted octanol–water partition coefficient (Wildman–Crippen LogP) is 3.44. The van der Waals surface area contributed by atoms with Gasteiger partial charge in [-0.15, -0.1) is 0 Å². The summed E-state index contributed by atoms with van der Waals surface area (Å²) in [5, 5.41) is 3.01. The summed E-state index contributed by atoms with van der Waals surface area (Å²) in [6.45, 7) is 4.96. The van der Waals surface area contributed by atoms with Crippen molar-refractivity contribution in [3.8, 4) is 0 Å². The van der Waals surface area contributed by atoms with Gasteiger partial charge in [-0.05, 0) is 29.7 Å². The molecular weight excluding hydrogens is 260 g/mol. The highest BCUT2D eigenvalue weighted by Gasteiger charge is 2.17. The summed E-state index contributed by atoms with van der Waals surface area (Å²) in [5.74, 6) is 0.675. The van der Waals surface area contributed by atoms with E-state index in [1.807, 2.05) is 18.2 Å². The third kappa shape index (κ3) is 4.09. The van der Waals surface area contributed by atoms with Crippen LogP contribution in [0.2, 0.25) is 0 Å². The smallest absolute Gasteiger partial charge is 0.251 e. The van der Waals surface area contributed by atoms with E-state index in [9.17, 15) is 4.79 Å². The van der Waals surface area contributed by atoms with E-state index in [1.165, 1.54) is 5.56 Å². The lowest BCUT2D eigenvalue weighted by atomic mass is 9.88. The van der Waals surface area contributed by atoms with Gasteiger partial charge in [-0.2, -0.15) is 0 Å². The van der Waals surface area contributed by atoms with Crippen LogP contribution in [0.5, 0.6) is 0 Å². The van der Waals surface area contributed by atoms with Gasteiger partial charge < -0.3 is 11.1 Å². The normalized spacial score (nSPS) is 12.1. The molecule has 0 aliphatic carbocycles. The Hall–Kier alpha value is -2.29. The molecule has 0 radical (unpaired) electrons. The molecule has 0 spiro atoms. The maximum atomic E-state index is 12.2. The number of amides is 1. The fourth-order valence-electron chi connectivity index (χ4n) is 2.42. The molecule has 0 aromatic heterocycles. The third-order valence-corrected chi connectivity index (χ3v) is 3.66. The van der Waals surface area contributed by atoms with Crippen molar-refractivity contribution < 1.29 is 4.79 Å². The Morgan fingerprint density at radius 1 is 1.10 bits per heavy atom. The molecule has 3 N–H and O–H groups in total. The zero-order chi connectivity index (χ0) is 15.2. The molecular formula is C18H22N2O. The SMILES string of the molecule is CC(C)C(CNC(=O)c1cccc(N)c1)c1ccccc1. The summed E-state index contributed by atoms with van der Waals surface area (Å²) >= 11 is 0. The van der Waals surface area contributed by atoms with Crippen LogP contribution >= 0.6 is 0 Å². The number of rotatable bonds is 5. The second-order valence-electron chi connectivity index (χ2n) is 5.60. The van der Waals surface area contributed by atoms with Crippen LogP contribution in [0.3, 0.4) is 0 Å². The van der Waals surface area contributed by atoms with Gasteiger partial charge in [0, 0.05) is 23.7 Å². The highest BCUT2D eigenvalue weighted by molar-refractivity contribution is 5.95. The Morgan fingerprint density at radius 2 is 1.81 bits per heavy atom. The van der Waals surface area contributed by atoms with Crippen molar-refractivity contribution in [3.05, 3.63) is 65.7 Å². The first-order valence-corrected chi connectivity index (χ1v) is 7.26. The van der Waals surface area contributed by atoms with Crippen LogP contribution in [-0.2, 0) is 0 Å². The molecule has 0 saturated heterocycles. The second kappa shape index (κ2) is 6.93. The van der Waals surface area contributed by atoms with Crippen molar-refractivity contribution in [1.29, 1.82) is 0 Å². The van der Waals surface area contributed by atoms with E-state index < -0.39 is 0 Å². The van der Waals surface area contributed by atoms with Gasteiger partial charge in [0.15, 0.2) is 0 Å². The molecule has 21 heavy (non-hydrogen) atoms. The lowest BCUT2D eigenvalue weighted by Crippen LogP contribution is -2.30. The van der Waals surface area contributed by atoms with Crippen LogP contribution < -0.4 is 11.1 Å². The first-order valence-electron chi connectivity index (χ1n) is 7.26. The number of benzene rings is 2. The highest BCUT2D eigenvalue weighted by Crippen LogP contribution is 2.23. The minimum absolute atomic E-state index is 0.0797. The zero-order valence-electron chi connectivity index (χ0n) is 12.5. The fraction of sp³-hybridized carbons (Fsp3) is 0.278. The van der Waals surface area contributed by atoms with Gasteiger partial charge in [-0.1, -0.05) is 50.2 Å². The van der Waals surface area contributed by atoms with Crippen LogP contribution in [-0.4, -0.2) is 12.5 Å². The lowest BCUT2D eigenvalue weighted by molar-refractivity contribution is 0.0949. The summed E-state index contributed by atoms with van der Waals surface area (Å²) < 4.78 is 0. The van der Waals surface area contributed by atoms with Gasteiger partial charge in [0.25, 0.3) is 5.91 Å². The van der Waals surface area contributed by atoms with Crippen LogP contribution in [0.15, 0.2) is 54.6 Å². The fourth-order valence-corrected chi connectivity index (χ4v) is 2.42. The van der Waals surface area contributed by atoms with E-state index in [2.05, 4.69) is 31.3 Å². The number of nitrogens with one attached hydrogen (secondary N) is 1. The number of hydrogen-bond donors (Lipinski definition) is 2. The van der Waals surface area contributed by atoms with Crippen LogP contribution in [0, 0.1) is 5.92 Å². The average molecular weight is 282 g/mol. The molecule has 0 bridgehead atoms. The van der Waals surface area contributed by atoms with Crippen molar-refractivity contribution in [3.63, 3.8) is 0 Å². The van der Waals surface area contributed by atoms with Crippen LogP contribution in [0.1, 0.15) is 35.7 Å². The Kier molecular flexibility index (Phi) is 4.99. The average Bonchev–Trinajstić information content (AvgIpc) is 2.48. The van der Waals surface area contributed by atoms with E-state index in [1.54, 1.807) is 24.3 Å². The molecule has 2 aromatic rings. The molecule has 2 aromatic carbocycles. The van der Waals surface area contributed by atoms with Crippen LogP contribution in [0.4, 0.5) is 5.69 Å². The minimum atomic E-state index is -0.0797. The van der Waals surface area contributed by atoms with Gasteiger partial charge in [0.2, 0.25) is 0 Å². The molecule has 3 heteroatoms. The zero-order valence-corrected chi connectivity index (χ0v) is 12.5. The minimum Gasteiger partial charge on any atom is -0.399 e. The topological polar surface area (TPSA) is 55.1 Å². The quantitative estimate of drug-likeness (QED) is 0.825. The van der Waals surface area contributed by atoms with Crippen molar-refractivity contribution in [2.24, 2.45) is 5.92 Å². The van der Waals surface area contributed by atoms with Crippen molar-refractivity contribution in [2.45, 2.75) is 19.8 Å². The number of anilines is 1. The third-order valence-electron chi connectivity index (χ3n) is 3.66. The van der Waals surface area contributed by atoms with Crippen LogP contribution in [0.25, 0.3) is 0 Å². The summed E-state index contributed by atoms with van der Waals surface area (Å²) in [6, 6.07) is 17.3. The molecule has 0 aliphatic rings. The van der Waals surface area contributed by atoms with Crippen molar-refractivity contribution >= 4 is 11.6 Å². The Balaban J connectivity index is 2.04. The maximum absolute atomic E-state index is 12.2. The molecule has 2 rings (SSSR count). The van der Waals surface area contributed by atoms with Crippen molar-refractivity contribution in [2.75, 3.05) is 12.3 Å². The number of nitrogens with two attached hydrogens (primary N) is 1. The Labute approximate surface area is 126 Å². The Morgan fingerprint density at radius 3 is 2.43 bits per heavy atom. The molecule has 1 unspecified atom stereocenters. The number of hydrogen-bond acceptors (Lipinski definition) is 2. The molecule has 1 atom stereocenters. The maximum Gasteiger partial charge on any atom is 0.251 e. The molecule has 1 amide bonds. The lowest BCUT2D eigenvalue weighted by Gasteiger charge is -2.22. The highest BCUT2D eigenvalue weighted by atomic mass is 16.1. The first-order chi connectivity index (χ1) is 10.1. The van der Waals surface area contributed by atoms with E-state index in [-0.39, 0.29) is 5.91 Å². The molecule has 0 heterocycles. The number of nitrogen functional groups attached to an aromatic ring is 1. The molecule has 110 valence electrons. The molecule has 3 nitrogen and oxygen atoms in total.